The Morgan fingerprint density at radius 3 is 2.83 bits per heavy atom. The van der Waals surface area contributed by atoms with Gasteiger partial charge in [0, 0.05) is 10.7 Å². The normalized spacial score (nSPS) is 12.3. The number of rotatable bonds is 5. The first-order chi connectivity index (χ1) is 11.5. The molecule has 0 aliphatic heterocycles. The number of likely N-dealkylation sites (N-methyl/N-ethyl adjacent to an activating group) is 1. The van der Waals surface area contributed by atoms with Crippen LogP contribution in [-0.2, 0) is 11.3 Å². The molecule has 1 amide bonds. The summed E-state index contributed by atoms with van der Waals surface area (Å²) in [5.41, 5.74) is 2.78. The molecule has 3 aromatic rings. The van der Waals surface area contributed by atoms with Crippen molar-refractivity contribution in [1.82, 2.24) is 4.98 Å². The van der Waals surface area contributed by atoms with Crippen molar-refractivity contribution in [3.8, 4) is 0 Å². The Labute approximate surface area is 150 Å². The molecule has 2 N–H and O–H groups in total. The van der Waals surface area contributed by atoms with Gasteiger partial charge in [-0.3, -0.25) is 4.79 Å². The molecule has 1 unspecified atom stereocenters. The SMILES string of the molecule is Cc1cc(Cl)ccc1NC(=O)C[NH+](C)Cc1nc2ccccc2s1. The Bertz CT molecular complexity index is 845. The summed E-state index contributed by atoms with van der Waals surface area (Å²) in [5.74, 6) is -0.0148. The molecule has 0 fully saturated rings. The van der Waals surface area contributed by atoms with Crippen LogP contribution in [0.15, 0.2) is 42.5 Å². The number of halogens is 1. The Balaban J connectivity index is 1.59. The maximum absolute atomic E-state index is 12.2. The van der Waals surface area contributed by atoms with Crippen LogP contribution in [0.5, 0.6) is 0 Å². The number of nitrogens with one attached hydrogen (secondary N) is 2. The quantitative estimate of drug-likeness (QED) is 0.735. The molecule has 4 nitrogen and oxygen atoms in total. The number of carbonyl (C=O) groups excluding carboxylic acids is 1. The summed E-state index contributed by atoms with van der Waals surface area (Å²) in [6.07, 6.45) is 0. The fraction of sp³-hybridized carbons (Fsp3) is 0.222. The molecule has 24 heavy (non-hydrogen) atoms. The van der Waals surface area contributed by atoms with Crippen LogP contribution in [0.2, 0.25) is 5.02 Å². The van der Waals surface area contributed by atoms with Crippen molar-refractivity contribution >= 4 is 44.7 Å². The van der Waals surface area contributed by atoms with Crippen LogP contribution < -0.4 is 10.2 Å². The largest absolute Gasteiger partial charge is 0.324 e. The maximum Gasteiger partial charge on any atom is 0.279 e. The van der Waals surface area contributed by atoms with Crippen molar-refractivity contribution in [2.24, 2.45) is 0 Å². The van der Waals surface area contributed by atoms with E-state index in [-0.39, 0.29) is 5.91 Å². The molecule has 6 heteroatoms. The number of aromatic nitrogens is 1. The van der Waals surface area contributed by atoms with E-state index in [0.717, 1.165) is 33.2 Å². The highest BCUT2D eigenvalue weighted by Crippen LogP contribution is 2.21. The van der Waals surface area contributed by atoms with Crippen molar-refractivity contribution in [3.63, 3.8) is 0 Å². The number of nitrogens with zero attached hydrogens (tertiary/aromatic N) is 1. The second-order valence-electron chi connectivity index (χ2n) is 5.89. The molecule has 0 radical (unpaired) electrons. The number of thiazole rings is 1. The predicted molar refractivity (Wildman–Crippen MR) is 99.9 cm³/mol. The first-order valence-electron chi connectivity index (χ1n) is 7.73. The molecule has 0 aliphatic carbocycles. The minimum absolute atomic E-state index is 0.0148. The zero-order valence-corrected chi connectivity index (χ0v) is 15.2. The van der Waals surface area contributed by atoms with Crippen molar-refractivity contribution in [3.05, 3.63) is 58.1 Å². The van der Waals surface area contributed by atoms with Gasteiger partial charge in [-0.25, -0.2) is 4.98 Å². The number of hydrogen-bond donors (Lipinski definition) is 2. The Kier molecular flexibility index (Phi) is 5.14. The van der Waals surface area contributed by atoms with Crippen LogP contribution in [0.4, 0.5) is 5.69 Å². The maximum atomic E-state index is 12.2. The van der Waals surface area contributed by atoms with Gasteiger partial charge >= 0.3 is 0 Å². The van der Waals surface area contributed by atoms with E-state index in [1.807, 2.05) is 44.3 Å². The second-order valence-corrected chi connectivity index (χ2v) is 7.45. The van der Waals surface area contributed by atoms with E-state index in [9.17, 15) is 4.79 Å². The molecule has 0 saturated heterocycles. The summed E-state index contributed by atoms with van der Waals surface area (Å²) in [6.45, 7) is 3.05. The molecule has 2 aromatic carbocycles. The molecule has 1 heterocycles. The lowest BCUT2D eigenvalue weighted by Crippen LogP contribution is -3.08. The molecule has 0 bridgehead atoms. The van der Waals surface area contributed by atoms with Gasteiger partial charge in [0.05, 0.1) is 17.3 Å². The molecular weight excluding hydrogens is 342 g/mol. The topological polar surface area (TPSA) is 46.4 Å². The third-order valence-electron chi connectivity index (χ3n) is 3.72. The molecular formula is C18H19ClN3OS+. The average molecular weight is 361 g/mol. The van der Waals surface area contributed by atoms with Crippen LogP contribution >= 0.6 is 22.9 Å². The van der Waals surface area contributed by atoms with Crippen molar-refractivity contribution in [2.45, 2.75) is 13.5 Å². The van der Waals surface area contributed by atoms with Crippen molar-refractivity contribution < 1.29 is 9.69 Å². The molecule has 124 valence electrons. The molecule has 0 aliphatic rings. The number of aryl methyl sites for hydroxylation is 1. The van der Waals surface area contributed by atoms with Gasteiger partial charge in [0.15, 0.2) is 6.54 Å². The molecule has 0 saturated carbocycles. The van der Waals surface area contributed by atoms with E-state index in [1.54, 1.807) is 17.4 Å². The first-order valence-corrected chi connectivity index (χ1v) is 8.92. The fourth-order valence-corrected chi connectivity index (χ4v) is 3.86. The second kappa shape index (κ2) is 7.30. The van der Waals surface area contributed by atoms with E-state index in [0.29, 0.717) is 11.6 Å². The summed E-state index contributed by atoms with van der Waals surface area (Å²) in [4.78, 5) is 18.0. The zero-order valence-electron chi connectivity index (χ0n) is 13.6. The van der Waals surface area contributed by atoms with E-state index in [4.69, 9.17) is 11.6 Å². The summed E-state index contributed by atoms with van der Waals surface area (Å²) in [7, 11) is 2.00. The highest BCUT2D eigenvalue weighted by atomic mass is 35.5. The van der Waals surface area contributed by atoms with Crippen LogP contribution in [-0.4, -0.2) is 24.5 Å². The van der Waals surface area contributed by atoms with Gasteiger partial charge in [0.25, 0.3) is 5.91 Å². The fourth-order valence-electron chi connectivity index (χ4n) is 2.55. The van der Waals surface area contributed by atoms with Crippen molar-refractivity contribution in [1.29, 1.82) is 0 Å². The van der Waals surface area contributed by atoms with Crippen molar-refractivity contribution in [2.75, 3.05) is 18.9 Å². The Morgan fingerprint density at radius 1 is 1.29 bits per heavy atom. The zero-order chi connectivity index (χ0) is 17.1. The predicted octanol–water partition coefficient (Wildman–Crippen LogP) is 2.91. The van der Waals surface area contributed by atoms with E-state index in [1.165, 1.54) is 4.70 Å². The third kappa shape index (κ3) is 4.12. The molecule has 1 atom stereocenters. The monoisotopic (exact) mass is 360 g/mol. The highest BCUT2D eigenvalue weighted by Gasteiger charge is 2.14. The number of carbonyl (C=O) groups is 1. The van der Waals surface area contributed by atoms with E-state index < -0.39 is 0 Å². The van der Waals surface area contributed by atoms with Gasteiger partial charge in [-0.15, -0.1) is 11.3 Å². The number of para-hydroxylation sites is 1. The lowest BCUT2D eigenvalue weighted by atomic mass is 10.2. The number of anilines is 1. The van der Waals surface area contributed by atoms with E-state index >= 15 is 0 Å². The van der Waals surface area contributed by atoms with Gasteiger partial charge in [0.2, 0.25) is 0 Å². The van der Waals surface area contributed by atoms with Gasteiger partial charge in [-0.05, 0) is 42.8 Å². The molecule has 3 rings (SSSR count). The number of quaternary nitrogens is 1. The van der Waals surface area contributed by atoms with Crippen LogP contribution in [0.25, 0.3) is 10.2 Å². The van der Waals surface area contributed by atoms with Crippen LogP contribution in [0.3, 0.4) is 0 Å². The summed E-state index contributed by atoms with van der Waals surface area (Å²) >= 11 is 7.62. The molecule has 0 spiro atoms. The van der Waals surface area contributed by atoms with Crippen LogP contribution in [0, 0.1) is 6.92 Å². The van der Waals surface area contributed by atoms with Gasteiger partial charge in [-0.2, -0.15) is 0 Å². The van der Waals surface area contributed by atoms with Gasteiger partial charge in [-0.1, -0.05) is 23.7 Å². The summed E-state index contributed by atoms with van der Waals surface area (Å²) < 4.78 is 1.18. The Hall–Kier alpha value is -1.95. The third-order valence-corrected chi connectivity index (χ3v) is 4.99. The summed E-state index contributed by atoms with van der Waals surface area (Å²) in [6, 6.07) is 13.5. The number of hydrogen-bond acceptors (Lipinski definition) is 3. The number of amides is 1. The minimum atomic E-state index is -0.0148. The lowest BCUT2D eigenvalue weighted by Gasteiger charge is -2.13. The Morgan fingerprint density at radius 2 is 2.08 bits per heavy atom. The van der Waals surface area contributed by atoms with Gasteiger partial charge in [0.1, 0.15) is 11.6 Å². The average Bonchev–Trinajstić information content (AvgIpc) is 2.91. The summed E-state index contributed by atoms with van der Waals surface area (Å²) in [5, 5.41) is 4.66. The standard InChI is InChI=1S/C18H18ClN3OS/c1-12-9-13(19)7-8-14(12)20-17(23)10-22(2)11-18-21-15-5-3-4-6-16(15)24-18/h3-9H,10-11H2,1-2H3,(H,20,23)/p+1. The highest BCUT2D eigenvalue weighted by molar-refractivity contribution is 7.18. The van der Waals surface area contributed by atoms with Crippen LogP contribution in [0.1, 0.15) is 10.6 Å². The first kappa shape index (κ1) is 16.9. The minimum Gasteiger partial charge on any atom is -0.324 e. The smallest absolute Gasteiger partial charge is 0.279 e. The van der Waals surface area contributed by atoms with Gasteiger partial charge < -0.3 is 10.2 Å². The molecule has 1 aromatic heterocycles. The lowest BCUT2D eigenvalue weighted by molar-refractivity contribution is -0.885. The number of benzene rings is 2. The number of fused-ring (bicyclic) bond motifs is 1. The van der Waals surface area contributed by atoms with E-state index in [2.05, 4.69) is 16.4 Å².